The summed E-state index contributed by atoms with van der Waals surface area (Å²) < 4.78 is 28.9. The quantitative estimate of drug-likeness (QED) is 0.929. The molecule has 3 nitrogen and oxygen atoms in total. The van der Waals surface area contributed by atoms with Gasteiger partial charge < -0.3 is 10.1 Å². The van der Waals surface area contributed by atoms with Gasteiger partial charge in [-0.05, 0) is 31.0 Å². The number of halogens is 3. The maximum Gasteiger partial charge on any atom is 0.387 e. The molecule has 1 aromatic rings. The van der Waals surface area contributed by atoms with E-state index in [1.165, 1.54) is 12.1 Å². The van der Waals surface area contributed by atoms with Crippen molar-refractivity contribution in [3.05, 3.63) is 28.2 Å². The number of nitrogens with one attached hydrogen (secondary N) is 1. The van der Waals surface area contributed by atoms with E-state index in [9.17, 15) is 13.6 Å². The summed E-state index contributed by atoms with van der Waals surface area (Å²) >= 11 is 3.15. The average molecular weight is 306 g/mol. The Morgan fingerprint density at radius 3 is 2.71 bits per heavy atom. The van der Waals surface area contributed by atoms with Gasteiger partial charge in [-0.25, -0.2) is 0 Å². The third kappa shape index (κ3) is 3.66. The van der Waals surface area contributed by atoms with Gasteiger partial charge in [0, 0.05) is 16.1 Å². The highest BCUT2D eigenvalue weighted by Gasteiger charge is 2.24. The number of carbonyl (C=O) groups excluding carboxylic acids is 1. The van der Waals surface area contributed by atoms with Gasteiger partial charge in [0.2, 0.25) is 0 Å². The summed E-state index contributed by atoms with van der Waals surface area (Å²) in [7, 11) is 0. The number of ether oxygens (including phenoxy) is 1. The van der Waals surface area contributed by atoms with Crippen molar-refractivity contribution in [2.45, 2.75) is 25.5 Å². The zero-order chi connectivity index (χ0) is 12.4. The average Bonchev–Trinajstić information content (AvgIpc) is 2.99. The highest BCUT2D eigenvalue weighted by Crippen LogP contribution is 2.24. The van der Waals surface area contributed by atoms with Crippen LogP contribution in [0, 0.1) is 0 Å². The molecule has 1 aliphatic carbocycles. The number of benzene rings is 1. The molecule has 0 radical (unpaired) electrons. The molecule has 1 fully saturated rings. The van der Waals surface area contributed by atoms with Crippen LogP contribution in [-0.2, 0) is 0 Å². The Balaban J connectivity index is 2.14. The predicted molar refractivity (Wildman–Crippen MR) is 61.3 cm³/mol. The predicted octanol–water partition coefficient (Wildman–Crippen LogP) is 2.94. The van der Waals surface area contributed by atoms with Crippen LogP contribution >= 0.6 is 15.9 Å². The molecule has 2 rings (SSSR count). The van der Waals surface area contributed by atoms with Gasteiger partial charge in [-0.1, -0.05) is 15.9 Å². The fourth-order valence-electron chi connectivity index (χ4n) is 1.36. The van der Waals surface area contributed by atoms with Crippen LogP contribution in [0.4, 0.5) is 8.78 Å². The topological polar surface area (TPSA) is 38.3 Å². The third-order valence-electron chi connectivity index (χ3n) is 2.27. The van der Waals surface area contributed by atoms with Crippen molar-refractivity contribution >= 4 is 21.8 Å². The summed E-state index contributed by atoms with van der Waals surface area (Å²) in [6.07, 6.45) is 1.94. The minimum atomic E-state index is -2.90. The van der Waals surface area contributed by atoms with E-state index in [1.807, 2.05) is 0 Å². The first-order valence-electron chi connectivity index (χ1n) is 5.11. The minimum absolute atomic E-state index is 0.0321. The largest absolute Gasteiger partial charge is 0.435 e. The van der Waals surface area contributed by atoms with Crippen molar-refractivity contribution < 1.29 is 18.3 Å². The van der Waals surface area contributed by atoms with E-state index in [0.717, 1.165) is 12.8 Å². The highest BCUT2D eigenvalue weighted by atomic mass is 79.9. The molecule has 0 unspecified atom stereocenters. The first kappa shape index (κ1) is 12.3. The summed E-state index contributed by atoms with van der Waals surface area (Å²) in [6, 6.07) is 4.48. The Labute approximate surface area is 105 Å². The molecule has 1 aromatic carbocycles. The number of carbonyl (C=O) groups is 1. The lowest BCUT2D eigenvalue weighted by molar-refractivity contribution is -0.0499. The van der Waals surface area contributed by atoms with E-state index < -0.39 is 6.61 Å². The molecule has 0 aliphatic heterocycles. The molecule has 1 saturated carbocycles. The second kappa shape index (κ2) is 5.00. The summed E-state index contributed by atoms with van der Waals surface area (Å²) in [6.45, 7) is -2.90. The number of rotatable bonds is 4. The van der Waals surface area contributed by atoms with Crippen LogP contribution in [0.25, 0.3) is 0 Å². The van der Waals surface area contributed by atoms with E-state index in [-0.39, 0.29) is 17.7 Å². The van der Waals surface area contributed by atoms with Crippen molar-refractivity contribution in [1.82, 2.24) is 5.32 Å². The van der Waals surface area contributed by atoms with Crippen molar-refractivity contribution in [2.24, 2.45) is 0 Å². The van der Waals surface area contributed by atoms with Gasteiger partial charge >= 0.3 is 6.61 Å². The molecule has 92 valence electrons. The van der Waals surface area contributed by atoms with Crippen molar-refractivity contribution in [2.75, 3.05) is 0 Å². The van der Waals surface area contributed by atoms with Crippen LogP contribution < -0.4 is 10.1 Å². The van der Waals surface area contributed by atoms with E-state index in [4.69, 9.17) is 0 Å². The van der Waals surface area contributed by atoms with E-state index >= 15 is 0 Å². The number of hydrogen-bond donors (Lipinski definition) is 1. The fourth-order valence-corrected chi connectivity index (χ4v) is 1.83. The molecule has 0 atom stereocenters. The van der Waals surface area contributed by atoms with E-state index in [2.05, 4.69) is 26.0 Å². The van der Waals surface area contributed by atoms with Crippen LogP contribution in [0.15, 0.2) is 22.7 Å². The molecule has 17 heavy (non-hydrogen) atoms. The molecular weight excluding hydrogens is 296 g/mol. The summed E-state index contributed by atoms with van der Waals surface area (Å²) in [5.74, 6) is -0.303. The molecule has 1 N–H and O–H groups in total. The maximum absolute atomic E-state index is 12.1. The van der Waals surface area contributed by atoms with Gasteiger partial charge in [0.05, 0.1) is 0 Å². The van der Waals surface area contributed by atoms with Gasteiger partial charge in [-0.15, -0.1) is 0 Å². The SMILES string of the molecule is O=C(NC1CC1)c1cc(Br)cc(OC(F)F)c1. The Kier molecular flexibility index (Phi) is 3.61. The van der Waals surface area contributed by atoms with Gasteiger partial charge in [0.1, 0.15) is 5.75 Å². The Bertz CT molecular complexity index is 435. The van der Waals surface area contributed by atoms with Crippen LogP contribution in [0.2, 0.25) is 0 Å². The Morgan fingerprint density at radius 2 is 2.12 bits per heavy atom. The number of amides is 1. The molecule has 1 aliphatic rings. The van der Waals surface area contributed by atoms with Gasteiger partial charge in [0.25, 0.3) is 5.91 Å². The normalized spacial score (nSPS) is 14.8. The monoisotopic (exact) mass is 305 g/mol. The number of hydrogen-bond acceptors (Lipinski definition) is 2. The fraction of sp³-hybridized carbons (Fsp3) is 0.364. The van der Waals surface area contributed by atoms with Crippen LogP contribution in [0.1, 0.15) is 23.2 Å². The van der Waals surface area contributed by atoms with Crippen molar-refractivity contribution in [1.29, 1.82) is 0 Å². The molecule has 0 saturated heterocycles. The van der Waals surface area contributed by atoms with Crippen LogP contribution in [0.5, 0.6) is 5.75 Å². The van der Waals surface area contributed by atoms with Crippen molar-refractivity contribution in [3.63, 3.8) is 0 Å². The second-order valence-corrected chi connectivity index (χ2v) is 4.72. The maximum atomic E-state index is 12.1. The molecular formula is C11H10BrF2NO2. The van der Waals surface area contributed by atoms with Gasteiger partial charge in [-0.2, -0.15) is 8.78 Å². The van der Waals surface area contributed by atoms with Gasteiger partial charge in [0.15, 0.2) is 0 Å². The molecule has 6 heteroatoms. The van der Waals surface area contributed by atoms with E-state index in [0.29, 0.717) is 10.0 Å². The summed E-state index contributed by atoms with van der Waals surface area (Å²) in [4.78, 5) is 11.7. The Morgan fingerprint density at radius 1 is 1.41 bits per heavy atom. The van der Waals surface area contributed by atoms with Crippen LogP contribution in [0.3, 0.4) is 0 Å². The molecule has 0 aromatic heterocycles. The standard InChI is InChI=1S/C11H10BrF2NO2/c12-7-3-6(10(16)15-8-1-2-8)4-9(5-7)17-11(13)14/h3-5,8,11H,1-2H2,(H,15,16). The molecule has 0 heterocycles. The summed E-state index contributed by atoms with van der Waals surface area (Å²) in [5.41, 5.74) is 0.307. The first-order valence-corrected chi connectivity index (χ1v) is 5.90. The zero-order valence-electron chi connectivity index (χ0n) is 8.75. The van der Waals surface area contributed by atoms with Gasteiger partial charge in [-0.3, -0.25) is 4.79 Å². The molecule has 0 spiro atoms. The smallest absolute Gasteiger partial charge is 0.387 e. The zero-order valence-corrected chi connectivity index (χ0v) is 10.3. The molecule has 1 amide bonds. The second-order valence-electron chi connectivity index (χ2n) is 3.80. The lowest BCUT2D eigenvalue weighted by Gasteiger charge is -2.08. The lowest BCUT2D eigenvalue weighted by atomic mass is 10.2. The first-order chi connectivity index (χ1) is 8.04. The third-order valence-corrected chi connectivity index (χ3v) is 2.73. The van der Waals surface area contributed by atoms with Crippen molar-refractivity contribution in [3.8, 4) is 5.75 Å². The Hall–Kier alpha value is -1.17. The van der Waals surface area contributed by atoms with E-state index in [1.54, 1.807) is 6.07 Å². The summed E-state index contributed by atoms with van der Waals surface area (Å²) in [5, 5.41) is 2.78. The number of alkyl halides is 2. The lowest BCUT2D eigenvalue weighted by Crippen LogP contribution is -2.25. The van der Waals surface area contributed by atoms with Crippen LogP contribution in [-0.4, -0.2) is 18.6 Å². The highest BCUT2D eigenvalue weighted by molar-refractivity contribution is 9.10. The minimum Gasteiger partial charge on any atom is -0.435 e. The molecule has 0 bridgehead atoms.